The molecule has 1 heteroatoms. The van der Waals surface area contributed by atoms with Crippen LogP contribution < -0.4 is 0 Å². The zero-order valence-electron chi connectivity index (χ0n) is 12.5. The normalized spacial score (nSPS) is 18.5. The Morgan fingerprint density at radius 2 is 1.68 bits per heavy atom. The molecule has 1 nitrogen and oxygen atoms in total. The standard InChI is InChI=1S/C18H26O/c1-14(2)13-15-7-9-16(10-8-15)17(19)18(3)11-5-4-6-12-18/h7-10,14H,4-6,11-13H2,1-3H3. The van der Waals surface area contributed by atoms with Crippen molar-refractivity contribution >= 4 is 5.78 Å². The van der Waals surface area contributed by atoms with Crippen molar-refractivity contribution < 1.29 is 4.79 Å². The highest BCUT2D eigenvalue weighted by Gasteiger charge is 2.34. The maximum atomic E-state index is 12.7. The zero-order valence-corrected chi connectivity index (χ0v) is 12.5. The van der Waals surface area contributed by atoms with Gasteiger partial charge in [-0.1, -0.05) is 64.3 Å². The molecular formula is C18H26O. The monoisotopic (exact) mass is 258 g/mol. The molecule has 0 heterocycles. The van der Waals surface area contributed by atoms with Crippen molar-refractivity contribution in [2.24, 2.45) is 11.3 Å². The van der Waals surface area contributed by atoms with Crippen molar-refractivity contribution in [3.63, 3.8) is 0 Å². The van der Waals surface area contributed by atoms with Crippen molar-refractivity contribution in [2.75, 3.05) is 0 Å². The van der Waals surface area contributed by atoms with Gasteiger partial charge in [0.2, 0.25) is 0 Å². The molecule has 0 bridgehead atoms. The molecule has 0 unspecified atom stereocenters. The molecule has 1 aromatic rings. The summed E-state index contributed by atoms with van der Waals surface area (Å²) >= 11 is 0. The first-order valence-electron chi connectivity index (χ1n) is 7.65. The van der Waals surface area contributed by atoms with Gasteiger partial charge in [0.25, 0.3) is 0 Å². The van der Waals surface area contributed by atoms with Crippen LogP contribution in [0, 0.1) is 11.3 Å². The van der Waals surface area contributed by atoms with Crippen molar-refractivity contribution in [3.8, 4) is 0 Å². The minimum absolute atomic E-state index is 0.113. The van der Waals surface area contributed by atoms with Crippen molar-refractivity contribution in [1.82, 2.24) is 0 Å². The van der Waals surface area contributed by atoms with Gasteiger partial charge in [-0.3, -0.25) is 4.79 Å². The lowest BCUT2D eigenvalue weighted by Gasteiger charge is -2.32. The molecule has 1 fully saturated rings. The van der Waals surface area contributed by atoms with Crippen LogP contribution in [0.15, 0.2) is 24.3 Å². The Hall–Kier alpha value is -1.11. The van der Waals surface area contributed by atoms with E-state index in [1.54, 1.807) is 0 Å². The van der Waals surface area contributed by atoms with Crippen LogP contribution in [0.5, 0.6) is 0 Å². The van der Waals surface area contributed by atoms with Crippen molar-refractivity contribution in [2.45, 2.75) is 59.3 Å². The number of Topliss-reactive ketones (excluding diaryl/α,β-unsaturated/α-hetero) is 1. The summed E-state index contributed by atoms with van der Waals surface area (Å²) in [5.41, 5.74) is 2.12. The molecule has 0 N–H and O–H groups in total. The average Bonchev–Trinajstić information content (AvgIpc) is 2.39. The number of ketones is 1. The molecule has 1 aliphatic rings. The van der Waals surface area contributed by atoms with E-state index in [9.17, 15) is 4.79 Å². The number of carbonyl (C=O) groups is 1. The fourth-order valence-electron chi connectivity index (χ4n) is 3.17. The number of benzene rings is 1. The molecule has 2 rings (SSSR count). The Morgan fingerprint density at radius 3 is 2.21 bits per heavy atom. The fourth-order valence-corrected chi connectivity index (χ4v) is 3.17. The van der Waals surface area contributed by atoms with E-state index in [0.29, 0.717) is 11.7 Å². The van der Waals surface area contributed by atoms with E-state index in [1.807, 2.05) is 12.1 Å². The Balaban J connectivity index is 2.10. The van der Waals surface area contributed by atoms with E-state index >= 15 is 0 Å². The third-order valence-corrected chi connectivity index (χ3v) is 4.37. The molecule has 104 valence electrons. The smallest absolute Gasteiger partial charge is 0.168 e. The number of carbonyl (C=O) groups excluding carboxylic acids is 1. The van der Waals surface area contributed by atoms with E-state index in [4.69, 9.17) is 0 Å². The third-order valence-electron chi connectivity index (χ3n) is 4.37. The second-order valence-corrected chi connectivity index (χ2v) is 6.75. The summed E-state index contributed by atoms with van der Waals surface area (Å²) in [5.74, 6) is 1.01. The lowest BCUT2D eigenvalue weighted by atomic mass is 9.71. The highest BCUT2D eigenvalue weighted by molar-refractivity contribution is 6.00. The molecule has 1 saturated carbocycles. The molecule has 1 aliphatic carbocycles. The van der Waals surface area contributed by atoms with Gasteiger partial charge in [0.05, 0.1) is 0 Å². The number of hydrogen-bond donors (Lipinski definition) is 0. The van der Waals surface area contributed by atoms with Gasteiger partial charge in [-0.05, 0) is 30.7 Å². The average molecular weight is 258 g/mol. The molecule has 19 heavy (non-hydrogen) atoms. The maximum Gasteiger partial charge on any atom is 0.168 e. The van der Waals surface area contributed by atoms with Crippen LogP contribution in [0.1, 0.15) is 68.8 Å². The van der Waals surface area contributed by atoms with E-state index in [1.165, 1.54) is 24.8 Å². The third kappa shape index (κ3) is 3.46. The van der Waals surface area contributed by atoms with Gasteiger partial charge in [0.15, 0.2) is 5.78 Å². The van der Waals surface area contributed by atoms with Crippen molar-refractivity contribution in [3.05, 3.63) is 35.4 Å². The SMILES string of the molecule is CC(C)Cc1ccc(C(=O)C2(C)CCCCC2)cc1. The Labute approximate surface area is 117 Å². The fraction of sp³-hybridized carbons (Fsp3) is 0.611. The zero-order chi connectivity index (χ0) is 13.9. The van der Waals surface area contributed by atoms with E-state index < -0.39 is 0 Å². The minimum Gasteiger partial charge on any atom is -0.294 e. The van der Waals surface area contributed by atoms with Gasteiger partial charge >= 0.3 is 0 Å². The molecule has 1 aromatic carbocycles. The molecule has 0 amide bonds. The predicted octanol–water partition coefficient (Wildman–Crippen LogP) is 5.04. The van der Waals surface area contributed by atoms with Gasteiger partial charge < -0.3 is 0 Å². The number of hydrogen-bond acceptors (Lipinski definition) is 1. The molecule has 0 radical (unpaired) electrons. The van der Waals surface area contributed by atoms with Crippen molar-refractivity contribution in [1.29, 1.82) is 0 Å². The molecule has 0 aliphatic heterocycles. The Bertz CT molecular complexity index is 422. The van der Waals surface area contributed by atoms with Crippen LogP contribution >= 0.6 is 0 Å². The summed E-state index contributed by atoms with van der Waals surface area (Å²) in [5, 5.41) is 0. The summed E-state index contributed by atoms with van der Waals surface area (Å²) in [4.78, 5) is 12.7. The molecule has 0 saturated heterocycles. The van der Waals surface area contributed by atoms with Gasteiger partial charge in [0, 0.05) is 11.0 Å². The summed E-state index contributed by atoms with van der Waals surface area (Å²) < 4.78 is 0. The van der Waals surface area contributed by atoms with Crippen LogP contribution in [-0.4, -0.2) is 5.78 Å². The minimum atomic E-state index is -0.113. The van der Waals surface area contributed by atoms with E-state index in [0.717, 1.165) is 24.8 Å². The van der Waals surface area contributed by atoms with Gasteiger partial charge in [-0.2, -0.15) is 0 Å². The Kier molecular flexibility index (Phi) is 4.44. The van der Waals surface area contributed by atoms with Gasteiger partial charge in [0.1, 0.15) is 0 Å². The van der Waals surface area contributed by atoms with Crippen LogP contribution in [0.3, 0.4) is 0 Å². The summed E-state index contributed by atoms with van der Waals surface area (Å²) in [6, 6.07) is 8.30. The highest BCUT2D eigenvalue weighted by atomic mass is 16.1. The predicted molar refractivity (Wildman–Crippen MR) is 80.5 cm³/mol. The maximum absolute atomic E-state index is 12.7. The van der Waals surface area contributed by atoms with Crippen LogP contribution in [0.2, 0.25) is 0 Å². The van der Waals surface area contributed by atoms with Crippen LogP contribution in [0.25, 0.3) is 0 Å². The lowest BCUT2D eigenvalue weighted by molar-refractivity contribution is 0.0749. The topological polar surface area (TPSA) is 17.1 Å². The van der Waals surface area contributed by atoms with Crippen LogP contribution in [-0.2, 0) is 6.42 Å². The second-order valence-electron chi connectivity index (χ2n) is 6.75. The van der Waals surface area contributed by atoms with E-state index in [2.05, 4.69) is 32.9 Å². The summed E-state index contributed by atoms with van der Waals surface area (Å²) in [7, 11) is 0. The van der Waals surface area contributed by atoms with Crippen LogP contribution in [0.4, 0.5) is 0 Å². The lowest BCUT2D eigenvalue weighted by Crippen LogP contribution is -2.30. The summed E-state index contributed by atoms with van der Waals surface area (Å²) in [6.07, 6.45) is 6.89. The quantitative estimate of drug-likeness (QED) is 0.692. The molecule has 0 aromatic heterocycles. The number of rotatable bonds is 4. The van der Waals surface area contributed by atoms with Gasteiger partial charge in [-0.25, -0.2) is 0 Å². The highest BCUT2D eigenvalue weighted by Crippen LogP contribution is 2.38. The summed E-state index contributed by atoms with van der Waals surface area (Å²) in [6.45, 7) is 6.60. The molecular weight excluding hydrogens is 232 g/mol. The molecule has 0 spiro atoms. The molecule has 0 atom stereocenters. The first-order chi connectivity index (χ1) is 9.01. The Morgan fingerprint density at radius 1 is 1.11 bits per heavy atom. The largest absolute Gasteiger partial charge is 0.294 e. The first-order valence-corrected chi connectivity index (χ1v) is 7.65. The van der Waals surface area contributed by atoms with E-state index in [-0.39, 0.29) is 5.41 Å². The second kappa shape index (κ2) is 5.90. The first kappa shape index (κ1) is 14.3. The van der Waals surface area contributed by atoms with Gasteiger partial charge in [-0.15, -0.1) is 0 Å².